The second-order valence-electron chi connectivity index (χ2n) is 9.81. The van der Waals surface area contributed by atoms with Crippen LogP contribution in [0, 0.1) is 6.92 Å². The second kappa shape index (κ2) is 11.9. The maximum absolute atomic E-state index is 13.3. The summed E-state index contributed by atoms with van der Waals surface area (Å²) >= 11 is 1.84. The highest BCUT2D eigenvalue weighted by molar-refractivity contribution is 7.10. The molecular formula is C30H35N3O3S. The average Bonchev–Trinajstić information content (AvgIpc) is 3.27. The van der Waals surface area contributed by atoms with Crippen LogP contribution in [0.3, 0.4) is 0 Å². The van der Waals surface area contributed by atoms with Gasteiger partial charge in [0.1, 0.15) is 5.75 Å². The molecular weight excluding hydrogens is 482 g/mol. The third-order valence-electron chi connectivity index (χ3n) is 7.47. The molecule has 2 aliphatic rings. The first kappa shape index (κ1) is 25.5. The molecule has 37 heavy (non-hydrogen) atoms. The van der Waals surface area contributed by atoms with E-state index in [2.05, 4.69) is 47.5 Å². The number of carbonyl (C=O) groups excluding carboxylic acids is 2. The molecule has 0 aliphatic carbocycles. The molecule has 1 fully saturated rings. The Labute approximate surface area is 223 Å². The second-order valence-corrected chi connectivity index (χ2v) is 10.8. The molecule has 194 valence electrons. The Morgan fingerprint density at radius 2 is 1.59 bits per heavy atom. The fraction of sp³-hybridized carbons (Fsp3) is 0.400. The number of ether oxygens (including phenoxy) is 1. The third kappa shape index (κ3) is 6.05. The minimum absolute atomic E-state index is 0.0256. The number of hydrogen-bond donors (Lipinski definition) is 0. The number of rotatable bonds is 7. The van der Waals surface area contributed by atoms with Crippen LogP contribution in [0.5, 0.6) is 5.75 Å². The zero-order valence-electron chi connectivity index (χ0n) is 21.5. The van der Waals surface area contributed by atoms with Gasteiger partial charge in [0.15, 0.2) is 6.61 Å². The largest absolute Gasteiger partial charge is 0.484 e. The van der Waals surface area contributed by atoms with Crippen LogP contribution in [0.25, 0.3) is 0 Å². The highest BCUT2D eigenvalue weighted by Crippen LogP contribution is 2.38. The number of hydrogen-bond acceptors (Lipinski definition) is 5. The summed E-state index contributed by atoms with van der Waals surface area (Å²) < 4.78 is 5.64. The van der Waals surface area contributed by atoms with Crippen LogP contribution in [-0.2, 0) is 16.0 Å². The van der Waals surface area contributed by atoms with Gasteiger partial charge in [-0.1, -0.05) is 42.5 Å². The summed E-state index contributed by atoms with van der Waals surface area (Å²) in [6.45, 7) is 6.37. The zero-order chi connectivity index (χ0) is 25.6. The van der Waals surface area contributed by atoms with E-state index in [0.29, 0.717) is 38.3 Å². The molecule has 1 atom stereocenters. The van der Waals surface area contributed by atoms with Crippen molar-refractivity contribution in [2.24, 2.45) is 0 Å². The van der Waals surface area contributed by atoms with Crippen LogP contribution >= 0.6 is 11.3 Å². The molecule has 2 aromatic carbocycles. The fourth-order valence-electron chi connectivity index (χ4n) is 5.43. The molecule has 6 nitrogen and oxygen atoms in total. The van der Waals surface area contributed by atoms with Gasteiger partial charge in [-0.05, 0) is 60.0 Å². The average molecular weight is 518 g/mol. The maximum Gasteiger partial charge on any atom is 0.260 e. The van der Waals surface area contributed by atoms with E-state index in [1.165, 1.54) is 21.6 Å². The van der Waals surface area contributed by atoms with Gasteiger partial charge < -0.3 is 14.5 Å². The Morgan fingerprint density at radius 1 is 0.865 bits per heavy atom. The van der Waals surface area contributed by atoms with Crippen molar-refractivity contribution in [3.63, 3.8) is 0 Å². The predicted molar refractivity (Wildman–Crippen MR) is 147 cm³/mol. The molecule has 1 aromatic heterocycles. The van der Waals surface area contributed by atoms with Gasteiger partial charge in [0.25, 0.3) is 5.91 Å². The summed E-state index contributed by atoms with van der Waals surface area (Å²) in [6.07, 6.45) is 2.32. The van der Waals surface area contributed by atoms with Gasteiger partial charge in [-0.3, -0.25) is 14.5 Å². The first-order chi connectivity index (χ1) is 18.1. The minimum atomic E-state index is -0.0286. The van der Waals surface area contributed by atoms with Crippen molar-refractivity contribution in [3.05, 3.63) is 87.6 Å². The summed E-state index contributed by atoms with van der Waals surface area (Å²) in [4.78, 5) is 33.7. The Hall–Kier alpha value is -3.16. The van der Waals surface area contributed by atoms with Crippen molar-refractivity contribution in [3.8, 4) is 5.75 Å². The first-order valence-corrected chi connectivity index (χ1v) is 14.1. The quantitative estimate of drug-likeness (QED) is 0.462. The number of amides is 2. The van der Waals surface area contributed by atoms with Crippen LogP contribution in [0.1, 0.15) is 40.5 Å². The SMILES string of the molecule is Cc1ccccc1C1c2ccsc2CCN1CCC(=O)N1CCCN(C(=O)COc2ccccc2)CC1. The van der Waals surface area contributed by atoms with Crippen molar-refractivity contribution in [2.45, 2.75) is 32.2 Å². The summed E-state index contributed by atoms with van der Waals surface area (Å²) in [6, 6.07) is 20.5. The van der Waals surface area contributed by atoms with Crippen LogP contribution in [0.4, 0.5) is 0 Å². The lowest BCUT2D eigenvalue weighted by atomic mass is 9.90. The van der Waals surface area contributed by atoms with Gasteiger partial charge in [0.2, 0.25) is 5.91 Å². The number of thiophene rings is 1. The number of aryl methyl sites for hydroxylation is 1. The molecule has 2 amide bonds. The van der Waals surface area contributed by atoms with Crippen LogP contribution in [0.2, 0.25) is 0 Å². The number of carbonyl (C=O) groups is 2. The Bertz CT molecular complexity index is 1210. The van der Waals surface area contributed by atoms with Gasteiger partial charge in [-0.25, -0.2) is 0 Å². The molecule has 0 spiro atoms. The molecule has 0 N–H and O–H groups in total. The Morgan fingerprint density at radius 3 is 2.38 bits per heavy atom. The zero-order valence-corrected chi connectivity index (χ0v) is 22.3. The van der Waals surface area contributed by atoms with Crippen molar-refractivity contribution < 1.29 is 14.3 Å². The van der Waals surface area contributed by atoms with Crippen molar-refractivity contribution in [1.82, 2.24) is 14.7 Å². The third-order valence-corrected chi connectivity index (χ3v) is 8.46. The summed E-state index contributed by atoms with van der Waals surface area (Å²) in [5.41, 5.74) is 4.01. The van der Waals surface area contributed by atoms with E-state index in [1.807, 2.05) is 51.5 Å². The Kier molecular flexibility index (Phi) is 8.21. The van der Waals surface area contributed by atoms with Gasteiger partial charge in [-0.15, -0.1) is 11.3 Å². The topological polar surface area (TPSA) is 53.1 Å². The first-order valence-electron chi connectivity index (χ1n) is 13.2. The van der Waals surface area contributed by atoms with Crippen molar-refractivity contribution >= 4 is 23.2 Å². The van der Waals surface area contributed by atoms with Gasteiger partial charge in [0, 0.05) is 50.6 Å². The number of fused-ring (bicyclic) bond motifs is 1. The van der Waals surface area contributed by atoms with Gasteiger partial charge in [0.05, 0.1) is 6.04 Å². The number of nitrogens with zero attached hydrogens (tertiary/aromatic N) is 3. The van der Waals surface area contributed by atoms with E-state index in [0.717, 1.165) is 25.9 Å². The lowest BCUT2D eigenvalue weighted by Crippen LogP contribution is -2.41. The summed E-state index contributed by atoms with van der Waals surface area (Å²) in [5.74, 6) is 0.840. The molecule has 1 saturated heterocycles. The lowest BCUT2D eigenvalue weighted by Gasteiger charge is -2.37. The van der Waals surface area contributed by atoms with E-state index in [9.17, 15) is 9.59 Å². The molecule has 0 saturated carbocycles. The van der Waals surface area contributed by atoms with Gasteiger partial charge >= 0.3 is 0 Å². The smallest absolute Gasteiger partial charge is 0.260 e. The molecule has 3 heterocycles. The van der Waals surface area contributed by atoms with Crippen molar-refractivity contribution in [1.29, 1.82) is 0 Å². The molecule has 0 radical (unpaired) electrons. The fourth-order valence-corrected chi connectivity index (χ4v) is 6.34. The molecule has 1 unspecified atom stereocenters. The van der Waals surface area contributed by atoms with Crippen LogP contribution < -0.4 is 4.74 Å². The molecule has 3 aromatic rings. The normalized spacial score (nSPS) is 18.2. The molecule has 0 bridgehead atoms. The van der Waals surface area contributed by atoms with E-state index < -0.39 is 0 Å². The predicted octanol–water partition coefficient (Wildman–Crippen LogP) is 4.53. The van der Waals surface area contributed by atoms with Gasteiger partial charge in [-0.2, -0.15) is 0 Å². The highest BCUT2D eigenvalue weighted by Gasteiger charge is 2.31. The highest BCUT2D eigenvalue weighted by atomic mass is 32.1. The monoisotopic (exact) mass is 517 g/mol. The van der Waals surface area contributed by atoms with E-state index in [1.54, 1.807) is 0 Å². The van der Waals surface area contributed by atoms with Crippen LogP contribution in [0.15, 0.2) is 66.0 Å². The lowest BCUT2D eigenvalue weighted by molar-refractivity contribution is -0.135. The standard InChI is InChI=1S/C30H35N3O3S/c1-23-8-5-6-11-25(23)30-26-14-21-37-27(26)12-17-33(30)18-13-28(34)31-15-7-16-32(20-19-31)29(35)22-36-24-9-3-2-4-10-24/h2-6,8-11,14,21,30H,7,12-13,15-20,22H2,1H3. The van der Waals surface area contributed by atoms with E-state index in [-0.39, 0.29) is 24.5 Å². The summed E-state index contributed by atoms with van der Waals surface area (Å²) in [5, 5.41) is 2.19. The molecule has 7 heteroatoms. The number of para-hydroxylation sites is 1. The maximum atomic E-state index is 13.3. The van der Waals surface area contributed by atoms with E-state index in [4.69, 9.17) is 4.74 Å². The minimum Gasteiger partial charge on any atom is -0.484 e. The van der Waals surface area contributed by atoms with E-state index >= 15 is 0 Å². The van der Waals surface area contributed by atoms with Crippen molar-refractivity contribution in [2.75, 3.05) is 45.9 Å². The number of benzene rings is 2. The van der Waals surface area contributed by atoms with Crippen LogP contribution in [-0.4, -0.2) is 72.4 Å². The summed E-state index contributed by atoms with van der Waals surface area (Å²) in [7, 11) is 0. The molecule has 2 aliphatic heterocycles. The molecule has 5 rings (SSSR count). The Balaban J connectivity index is 1.16.